The lowest BCUT2D eigenvalue weighted by molar-refractivity contribution is -0.143. The highest BCUT2D eigenvalue weighted by molar-refractivity contribution is 5.85. The Morgan fingerprint density at radius 2 is 1.75 bits per heavy atom. The van der Waals surface area contributed by atoms with Crippen LogP contribution in [0.5, 0.6) is 0 Å². The Kier molecular flexibility index (Phi) is 9.31. The normalized spacial score (nSPS) is 14.5. The minimum atomic E-state index is -0.157. The summed E-state index contributed by atoms with van der Waals surface area (Å²) in [6, 6.07) is 13.8. The molecule has 0 atom stereocenters. The van der Waals surface area contributed by atoms with Gasteiger partial charge >= 0.3 is 0 Å². The summed E-state index contributed by atoms with van der Waals surface area (Å²) >= 11 is 0. The topological polar surface area (TPSA) is 66.2 Å². The van der Waals surface area contributed by atoms with E-state index in [1.54, 1.807) is 16.1 Å². The van der Waals surface area contributed by atoms with Crippen molar-refractivity contribution in [1.82, 2.24) is 14.7 Å². The molecule has 1 saturated heterocycles. The molecule has 7 heteroatoms. The van der Waals surface area contributed by atoms with Gasteiger partial charge in [0, 0.05) is 38.6 Å². The van der Waals surface area contributed by atoms with Crippen LogP contribution in [0.4, 0.5) is 0 Å². The third kappa shape index (κ3) is 7.50. The van der Waals surface area contributed by atoms with Gasteiger partial charge in [-0.25, -0.2) is 0 Å². The summed E-state index contributed by atoms with van der Waals surface area (Å²) in [6.45, 7) is 9.24. The Labute approximate surface area is 190 Å². The predicted octanol–water partition coefficient (Wildman–Crippen LogP) is 2.67. The molecule has 1 aliphatic heterocycles. The van der Waals surface area contributed by atoms with Gasteiger partial charge in [-0.3, -0.25) is 14.5 Å². The Balaban J connectivity index is 1.65. The molecule has 1 aliphatic rings. The monoisotopic (exact) mass is 441 g/mol. The fourth-order valence-corrected chi connectivity index (χ4v) is 3.77. The molecule has 2 heterocycles. The van der Waals surface area contributed by atoms with Crippen LogP contribution in [-0.2, 0) is 27.3 Å². The van der Waals surface area contributed by atoms with E-state index < -0.39 is 0 Å². The number of amides is 2. The zero-order valence-electron chi connectivity index (χ0n) is 19.2. The van der Waals surface area contributed by atoms with E-state index in [4.69, 9.17) is 9.15 Å². The van der Waals surface area contributed by atoms with Gasteiger partial charge in [-0.15, -0.1) is 0 Å². The molecular weight excluding hydrogens is 406 g/mol. The summed E-state index contributed by atoms with van der Waals surface area (Å²) in [5, 5.41) is 0. The summed E-state index contributed by atoms with van der Waals surface area (Å²) in [7, 11) is 0. The number of hydrogen-bond acceptors (Lipinski definition) is 5. The highest BCUT2D eigenvalue weighted by Crippen LogP contribution is 2.11. The van der Waals surface area contributed by atoms with E-state index >= 15 is 0 Å². The van der Waals surface area contributed by atoms with Crippen LogP contribution in [0.2, 0.25) is 0 Å². The van der Waals surface area contributed by atoms with Crippen LogP contribution in [0.15, 0.2) is 53.1 Å². The van der Waals surface area contributed by atoms with Gasteiger partial charge in [0.15, 0.2) is 0 Å². The Morgan fingerprint density at radius 1 is 1.00 bits per heavy atom. The molecule has 1 aromatic heterocycles. The van der Waals surface area contributed by atoms with Crippen molar-refractivity contribution in [3.05, 3.63) is 60.1 Å². The van der Waals surface area contributed by atoms with Gasteiger partial charge < -0.3 is 19.0 Å². The number of morpholine rings is 1. The highest BCUT2D eigenvalue weighted by Gasteiger charge is 2.24. The van der Waals surface area contributed by atoms with Gasteiger partial charge in [-0.05, 0) is 24.1 Å². The van der Waals surface area contributed by atoms with Crippen LogP contribution < -0.4 is 0 Å². The lowest BCUT2D eigenvalue weighted by atomic mass is 10.1. The number of benzene rings is 1. The first-order chi connectivity index (χ1) is 15.5. The van der Waals surface area contributed by atoms with E-state index in [-0.39, 0.29) is 24.3 Å². The standard InChI is InChI=1S/C25H35N3O4/c1-21(2)25(30)28(13-12-26-14-17-31-18-15-26)20-24(29)27(19-23-9-6-16-32-23)11-10-22-7-4-3-5-8-22/h3-9,16,21H,10-15,17-20H2,1-2H3. The van der Waals surface area contributed by atoms with Crippen LogP contribution in [-0.4, -0.2) is 79.0 Å². The number of nitrogens with zero attached hydrogens (tertiary/aromatic N) is 3. The van der Waals surface area contributed by atoms with Gasteiger partial charge in [0.1, 0.15) is 5.76 Å². The fourth-order valence-electron chi connectivity index (χ4n) is 3.77. The van der Waals surface area contributed by atoms with Gasteiger partial charge in [0.2, 0.25) is 11.8 Å². The number of ether oxygens (including phenoxy) is 1. The molecule has 1 fully saturated rings. The molecule has 1 aromatic carbocycles. The van der Waals surface area contributed by atoms with Gasteiger partial charge in [-0.1, -0.05) is 44.2 Å². The highest BCUT2D eigenvalue weighted by atomic mass is 16.5. The molecule has 2 amide bonds. The first-order valence-electron chi connectivity index (χ1n) is 11.5. The van der Waals surface area contributed by atoms with E-state index in [2.05, 4.69) is 17.0 Å². The Morgan fingerprint density at radius 3 is 2.41 bits per heavy atom. The summed E-state index contributed by atoms with van der Waals surface area (Å²) in [6.07, 6.45) is 2.37. The van der Waals surface area contributed by atoms with Crippen molar-refractivity contribution in [3.63, 3.8) is 0 Å². The second-order valence-corrected chi connectivity index (χ2v) is 8.50. The molecule has 32 heavy (non-hydrogen) atoms. The first-order valence-corrected chi connectivity index (χ1v) is 11.5. The maximum atomic E-state index is 13.3. The molecule has 7 nitrogen and oxygen atoms in total. The Hall–Kier alpha value is -2.64. The third-order valence-electron chi connectivity index (χ3n) is 5.71. The average Bonchev–Trinajstić information content (AvgIpc) is 3.33. The Bertz CT molecular complexity index is 817. The number of carbonyl (C=O) groups is 2. The fraction of sp³-hybridized carbons (Fsp3) is 0.520. The van der Waals surface area contributed by atoms with Crippen molar-refractivity contribution >= 4 is 11.8 Å². The van der Waals surface area contributed by atoms with Crippen molar-refractivity contribution < 1.29 is 18.7 Å². The van der Waals surface area contributed by atoms with Gasteiger partial charge in [0.25, 0.3) is 0 Å². The lowest BCUT2D eigenvalue weighted by Crippen LogP contribution is -2.48. The van der Waals surface area contributed by atoms with Crippen molar-refractivity contribution in [2.24, 2.45) is 5.92 Å². The van der Waals surface area contributed by atoms with Crippen LogP contribution in [0.1, 0.15) is 25.2 Å². The second kappa shape index (κ2) is 12.4. The summed E-state index contributed by atoms with van der Waals surface area (Å²) in [5.41, 5.74) is 1.17. The number of carbonyl (C=O) groups excluding carboxylic acids is 2. The third-order valence-corrected chi connectivity index (χ3v) is 5.71. The zero-order valence-corrected chi connectivity index (χ0v) is 19.2. The van der Waals surface area contributed by atoms with Crippen LogP contribution >= 0.6 is 0 Å². The second-order valence-electron chi connectivity index (χ2n) is 8.50. The molecule has 0 aliphatic carbocycles. The minimum absolute atomic E-state index is 0.00705. The molecule has 0 N–H and O–H groups in total. The van der Waals surface area contributed by atoms with E-state index in [1.807, 2.05) is 44.2 Å². The summed E-state index contributed by atoms with van der Waals surface area (Å²) in [5.74, 6) is 0.526. The average molecular weight is 442 g/mol. The first kappa shape index (κ1) is 24.0. The molecule has 0 unspecified atom stereocenters. The van der Waals surface area contributed by atoms with Crippen molar-refractivity contribution in [2.45, 2.75) is 26.8 Å². The molecule has 3 rings (SSSR count). The summed E-state index contributed by atoms with van der Waals surface area (Å²) < 4.78 is 10.9. The maximum Gasteiger partial charge on any atom is 0.242 e. The van der Waals surface area contributed by atoms with Crippen LogP contribution in [0.25, 0.3) is 0 Å². The molecule has 0 spiro atoms. The van der Waals surface area contributed by atoms with Crippen LogP contribution in [0, 0.1) is 5.92 Å². The van der Waals surface area contributed by atoms with Gasteiger partial charge in [-0.2, -0.15) is 0 Å². The number of rotatable bonds is 11. The largest absolute Gasteiger partial charge is 0.467 e. The molecule has 0 radical (unpaired) electrons. The van der Waals surface area contributed by atoms with Crippen molar-refractivity contribution in [2.75, 3.05) is 52.5 Å². The molecule has 2 aromatic rings. The van der Waals surface area contributed by atoms with E-state index in [0.717, 1.165) is 31.8 Å². The SMILES string of the molecule is CC(C)C(=O)N(CCN1CCOCC1)CC(=O)N(CCc1ccccc1)Cc1ccco1. The van der Waals surface area contributed by atoms with E-state index in [9.17, 15) is 9.59 Å². The lowest BCUT2D eigenvalue weighted by Gasteiger charge is -2.32. The quantitative estimate of drug-likeness (QED) is 0.536. The molecular formula is C25H35N3O4. The smallest absolute Gasteiger partial charge is 0.242 e. The van der Waals surface area contributed by atoms with Crippen molar-refractivity contribution in [1.29, 1.82) is 0 Å². The van der Waals surface area contributed by atoms with Crippen molar-refractivity contribution in [3.8, 4) is 0 Å². The maximum absolute atomic E-state index is 13.3. The molecule has 0 bridgehead atoms. The number of hydrogen-bond donors (Lipinski definition) is 0. The predicted molar refractivity (Wildman–Crippen MR) is 123 cm³/mol. The molecule has 0 saturated carbocycles. The number of furan rings is 1. The van der Waals surface area contributed by atoms with Crippen LogP contribution in [0.3, 0.4) is 0 Å². The molecule has 174 valence electrons. The zero-order chi connectivity index (χ0) is 22.8. The van der Waals surface area contributed by atoms with E-state index in [1.165, 1.54) is 5.56 Å². The summed E-state index contributed by atoms with van der Waals surface area (Å²) in [4.78, 5) is 32.0. The van der Waals surface area contributed by atoms with E-state index in [0.29, 0.717) is 32.8 Å². The van der Waals surface area contributed by atoms with Gasteiger partial charge in [0.05, 0.1) is 32.6 Å². The minimum Gasteiger partial charge on any atom is -0.467 e.